The van der Waals surface area contributed by atoms with Crippen LogP contribution in [0, 0.1) is 6.92 Å². The highest BCUT2D eigenvalue weighted by atomic mass is 16.5. The Hall–Kier alpha value is -2.36. The van der Waals surface area contributed by atoms with Gasteiger partial charge in [0.25, 0.3) is 0 Å². The van der Waals surface area contributed by atoms with E-state index in [-0.39, 0.29) is 17.2 Å². The zero-order valence-electron chi connectivity index (χ0n) is 10.3. The van der Waals surface area contributed by atoms with Crippen LogP contribution in [0.2, 0.25) is 0 Å². The van der Waals surface area contributed by atoms with Gasteiger partial charge in [-0.05, 0) is 36.8 Å². The first-order chi connectivity index (χ1) is 8.54. The van der Waals surface area contributed by atoms with Crippen LogP contribution in [0.15, 0.2) is 42.5 Å². The molecule has 0 heterocycles. The van der Waals surface area contributed by atoms with Gasteiger partial charge in [0.15, 0.2) is 23.0 Å². The molecule has 0 spiro atoms. The van der Waals surface area contributed by atoms with Crippen molar-refractivity contribution < 1.29 is 20.1 Å². The highest BCUT2D eigenvalue weighted by molar-refractivity contribution is 5.41. The van der Waals surface area contributed by atoms with E-state index in [2.05, 4.69) is 0 Å². The summed E-state index contributed by atoms with van der Waals surface area (Å²) in [5.41, 5.74) is 1.08. The predicted molar refractivity (Wildman–Crippen MR) is 69.2 cm³/mol. The van der Waals surface area contributed by atoms with Crippen LogP contribution in [-0.2, 0) is 0 Å². The van der Waals surface area contributed by atoms with Crippen molar-refractivity contribution in [1.82, 2.24) is 0 Å². The number of phenols is 3. The molecule has 0 unspecified atom stereocenters. The summed E-state index contributed by atoms with van der Waals surface area (Å²) in [6.07, 6.45) is 0. The molecule has 0 radical (unpaired) electrons. The number of aryl methyl sites for hydroxylation is 1. The smallest absolute Gasteiger partial charge is 0.160 e. The van der Waals surface area contributed by atoms with Crippen molar-refractivity contribution in [3.8, 4) is 23.0 Å². The first kappa shape index (κ1) is 13.7. The van der Waals surface area contributed by atoms with Crippen molar-refractivity contribution >= 4 is 0 Å². The molecule has 0 saturated carbocycles. The Morgan fingerprint density at radius 3 is 1.78 bits per heavy atom. The number of benzene rings is 2. The van der Waals surface area contributed by atoms with Crippen LogP contribution >= 0.6 is 0 Å². The molecule has 0 aliphatic rings. The average molecular weight is 248 g/mol. The van der Waals surface area contributed by atoms with E-state index >= 15 is 0 Å². The van der Waals surface area contributed by atoms with Gasteiger partial charge in [0.1, 0.15) is 0 Å². The summed E-state index contributed by atoms with van der Waals surface area (Å²) in [5.74, 6) is 0.563. The van der Waals surface area contributed by atoms with Crippen LogP contribution in [0.25, 0.3) is 0 Å². The number of phenolic OH excluding ortho intramolecular Hbond substituents is 3. The summed E-state index contributed by atoms with van der Waals surface area (Å²) in [5, 5.41) is 26.4. The molecule has 3 N–H and O–H groups in total. The number of aromatic hydroxyl groups is 3. The first-order valence-corrected chi connectivity index (χ1v) is 5.35. The SMILES string of the molecule is COc1cc(C)ccc1O.Oc1ccccc1O. The molecule has 18 heavy (non-hydrogen) atoms. The van der Waals surface area contributed by atoms with Gasteiger partial charge in [-0.3, -0.25) is 0 Å². The van der Waals surface area contributed by atoms with Crippen molar-refractivity contribution in [3.05, 3.63) is 48.0 Å². The fraction of sp³-hybridized carbons (Fsp3) is 0.143. The van der Waals surface area contributed by atoms with Crippen molar-refractivity contribution in [2.24, 2.45) is 0 Å². The molecule has 0 aromatic heterocycles. The number of hydrogen-bond acceptors (Lipinski definition) is 4. The number of hydrogen-bond donors (Lipinski definition) is 3. The summed E-state index contributed by atoms with van der Waals surface area (Å²) >= 11 is 0. The standard InChI is InChI=1S/C8H10O2.C6H6O2/c1-6-3-4-7(9)8(5-6)10-2;7-5-3-1-2-4-6(5)8/h3-5,9H,1-2H3;1-4,7-8H. The number of ether oxygens (including phenoxy) is 1. The van der Waals surface area contributed by atoms with E-state index in [1.165, 1.54) is 19.2 Å². The topological polar surface area (TPSA) is 69.9 Å². The number of para-hydroxylation sites is 2. The molecule has 4 nitrogen and oxygen atoms in total. The molecular formula is C14H16O4. The lowest BCUT2D eigenvalue weighted by atomic mass is 10.2. The molecule has 0 fully saturated rings. The fourth-order valence-electron chi connectivity index (χ4n) is 1.25. The summed E-state index contributed by atoms with van der Waals surface area (Å²) in [7, 11) is 1.54. The Bertz CT molecular complexity index is 488. The van der Waals surface area contributed by atoms with Gasteiger partial charge < -0.3 is 20.1 Å². The zero-order chi connectivity index (χ0) is 13.5. The molecule has 2 aromatic rings. The molecule has 96 valence electrons. The highest BCUT2D eigenvalue weighted by Gasteiger charge is 1.97. The number of rotatable bonds is 1. The average Bonchev–Trinajstić information content (AvgIpc) is 2.37. The van der Waals surface area contributed by atoms with Crippen LogP contribution in [0.4, 0.5) is 0 Å². The molecule has 2 rings (SSSR count). The van der Waals surface area contributed by atoms with Crippen molar-refractivity contribution in [3.63, 3.8) is 0 Å². The van der Waals surface area contributed by atoms with Gasteiger partial charge in [0, 0.05) is 0 Å². The maximum Gasteiger partial charge on any atom is 0.160 e. The van der Waals surface area contributed by atoms with Crippen molar-refractivity contribution in [2.75, 3.05) is 7.11 Å². The van der Waals surface area contributed by atoms with Gasteiger partial charge in [-0.1, -0.05) is 18.2 Å². The Morgan fingerprint density at radius 1 is 0.833 bits per heavy atom. The summed E-state index contributed by atoms with van der Waals surface area (Å²) in [6.45, 7) is 1.95. The molecule has 2 aromatic carbocycles. The predicted octanol–water partition coefficient (Wildman–Crippen LogP) is 2.81. The molecule has 0 amide bonds. The highest BCUT2D eigenvalue weighted by Crippen LogP contribution is 2.25. The summed E-state index contributed by atoms with van der Waals surface area (Å²) in [6, 6.07) is 11.4. The Balaban J connectivity index is 0.000000184. The second-order valence-electron chi connectivity index (χ2n) is 3.66. The fourth-order valence-corrected chi connectivity index (χ4v) is 1.25. The van der Waals surface area contributed by atoms with E-state index in [1.54, 1.807) is 24.3 Å². The molecular weight excluding hydrogens is 232 g/mol. The normalized spacial score (nSPS) is 9.22. The summed E-state index contributed by atoms with van der Waals surface area (Å²) in [4.78, 5) is 0. The van der Waals surface area contributed by atoms with Crippen LogP contribution < -0.4 is 4.74 Å². The lowest BCUT2D eigenvalue weighted by Gasteiger charge is -2.02. The quantitative estimate of drug-likeness (QED) is 0.679. The van der Waals surface area contributed by atoms with E-state index < -0.39 is 0 Å². The van der Waals surface area contributed by atoms with Crippen LogP contribution in [0.5, 0.6) is 23.0 Å². The maximum absolute atomic E-state index is 9.11. The van der Waals surface area contributed by atoms with Crippen molar-refractivity contribution in [1.29, 1.82) is 0 Å². The van der Waals surface area contributed by atoms with E-state index in [0.29, 0.717) is 5.75 Å². The van der Waals surface area contributed by atoms with Gasteiger partial charge in [0.2, 0.25) is 0 Å². The molecule has 0 aliphatic heterocycles. The van der Waals surface area contributed by atoms with E-state index in [0.717, 1.165) is 5.56 Å². The Morgan fingerprint density at radius 2 is 1.39 bits per heavy atom. The minimum atomic E-state index is -0.0764. The van der Waals surface area contributed by atoms with E-state index in [4.69, 9.17) is 20.1 Å². The van der Waals surface area contributed by atoms with Gasteiger partial charge in [-0.25, -0.2) is 0 Å². The zero-order valence-corrected chi connectivity index (χ0v) is 10.3. The van der Waals surface area contributed by atoms with Gasteiger partial charge in [-0.2, -0.15) is 0 Å². The second-order valence-corrected chi connectivity index (χ2v) is 3.66. The molecule has 0 bridgehead atoms. The largest absolute Gasteiger partial charge is 0.504 e. The third-order valence-electron chi connectivity index (χ3n) is 2.22. The third kappa shape index (κ3) is 3.90. The second kappa shape index (κ2) is 6.39. The minimum Gasteiger partial charge on any atom is -0.504 e. The lowest BCUT2D eigenvalue weighted by Crippen LogP contribution is -1.83. The summed E-state index contributed by atoms with van der Waals surface area (Å²) < 4.78 is 4.88. The van der Waals surface area contributed by atoms with Gasteiger partial charge in [0.05, 0.1) is 7.11 Å². The number of methoxy groups -OCH3 is 1. The van der Waals surface area contributed by atoms with E-state index in [1.807, 2.05) is 13.0 Å². The molecule has 0 aliphatic carbocycles. The maximum atomic E-state index is 9.11. The van der Waals surface area contributed by atoms with Crippen LogP contribution in [0.1, 0.15) is 5.56 Å². The van der Waals surface area contributed by atoms with Gasteiger partial charge >= 0.3 is 0 Å². The van der Waals surface area contributed by atoms with E-state index in [9.17, 15) is 0 Å². The Kier molecular flexibility index (Phi) is 4.87. The van der Waals surface area contributed by atoms with Crippen molar-refractivity contribution in [2.45, 2.75) is 6.92 Å². The van der Waals surface area contributed by atoms with Crippen LogP contribution in [-0.4, -0.2) is 22.4 Å². The first-order valence-electron chi connectivity index (χ1n) is 5.35. The minimum absolute atomic E-state index is 0.0764. The Labute approximate surface area is 106 Å². The third-order valence-corrected chi connectivity index (χ3v) is 2.22. The molecule has 0 atom stereocenters. The molecule has 4 heteroatoms. The lowest BCUT2D eigenvalue weighted by molar-refractivity contribution is 0.373. The van der Waals surface area contributed by atoms with Gasteiger partial charge in [-0.15, -0.1) is 0 Å². The molecule has 0 saturated heterocycles. The van der Waals surface area contributed by atoms with Crippen LogP contribution in [0.3, 0.4) is 0 Å². The monoisotopic (exact) mass is 248 g/mol.